The summed E-state index contributed by atoms with van der Waals surface area (Å²) in [5, 5.41) is 0. The first-order valence-electron chi connectivity index (χ1n) is 1.65. The molecule has 42 valence electrons. The van der Waals surface area contributed by atoms with Crippen molar-refractivity contribution in [2.75, 3.05) is 6.16 Å². The minimum Gasteiger partial charge on any atom is -0.250 e. The third-order valence-corrected chi connectivity index (χ3v) is 1.02. The van der Waals surface area contributed by atoms with Crippen LogP contribution in [0.25, 0.3) is 0 Å². The molecule has 0 saturated heterocycles. The van der Waals surface area contributed by atoms with Crippen molar-refractivity contribution in [2.45, 2.75) is 0 Å². The average Bonchev–Trinajstić information content (AvgIpc) is 1.30. The monoisotopic (exact) mass is 126 g/mol. The van der Waals surface area contributed by atoms with Gasteiger partial charge in [0, 0.05) is 0 Å². The third-order valence-electron chi connectivity index (χ3n) is 0.342. The molecule has 0 heterocycles. The topological polar surface area (TPSA) is 17.1 Å². The Labute approximate surface area is 40.6 Å². The summed E-state index contributed by atoms with van der Waals surface area (Å²) in [6.07, 6.45) is 0.272. The van der Waals surface area contributed by atoms with Crippen LogP contribution in [-0.4, -0.2) is 6.16 Å². The van der Waals surface area contributed by atoms with Crippen molar-refractivity contribution >= 4 is 7.76 Å². The number of rotatable bonds is 2. The fourth-order valence-corrected chi connectivity index (χ4v) is 0.451. The van der Waals surface area contributed by atoms with Gasteiger partial charge in [0.05, 0.1) is 6.16 Å². The van der Waals surface area contributed by atoms with Crippen LogP contribution < -0.4 is 0 Å². The van der Waals surface area contributed by atoms with Gasteiger partial charge in [-0.3, -0.25) is 0 Å². The fourth-order valence-electron chi connectivity index (χ4n) is 0.150. The highest BCUT2D eigenvalue weighted by Crippen LogP contribution is 2.48. The lowest BCUT2D eigenvalue weighted by Gasteiger charge is -1.86. The number of allylic oxidation sites excluding steroid dienone is 1. The Hall–Kier alpha value is -0.170. The SMILES string of the molecule is C=CCP(=O)(F)F. The van der Waals surface area contributed by atoms with Crippen molar-refractivity contribution in [1.82, 2.24) is 0 Å². The molecule has 0 fully saturated rings. The van der Waals surface area contributed by atoms with E-state index in [-0.39, 0.29) is 0 Å². The van der Waals surface area contributed by atoms with Gasteiger partial charge in [-0.1, -0.05) is 6.08 Å². The first-order valence-corrected chi connectivity index (χ1v) is 3.33. The van der Waals surface area contributed by atoms with Crippen molar-refractivity contribution in [3.8, 4) is 0 Å². The Morgan fingerprint density at radius 3 is 2.14 bits per heavy atom. The quantitative estimate of drug-likeness (QED) is 0.409. The molecular formula is C3H5F2OP. The second-order valence-electron chi connectivity index (χ2n) is 1.04. The largest absolute Gasteiger partial charge is 0.406 e. The van der Waals surface area contributed by atoms with E-state index in [0.717, 1.165) is 6.08 Å². The van der Waals surface area contributed by atoms with Crippen LogP contribution in [0.3, 0.4) is 0 Å². The molecular weight excluding hydrogens is 121 g/mol. The van der Waals surface area contributed by atoms with Crippen LogP contribution in [0.4, 0.5) is 8.39 Å². The molecule has 0 aliphatic heterocycles. The van der Waals surface area contributed by atoms with E-state index < -0.39 is 13.9 Å². The van der Waals surface area contributed by atoms with Gasteiger partial charge in [0.2, 0.25) is 0 Å². The first-order chi connectivity index (χ1) is 3.06. The molecule has 0 aromatic carbocycles. The van der Waals surface area contributed by atoms with Crippen molar-refractivity contribution in [1.29, 1.82) is 0 Å². The van der Waals surface area contributed by atoms with Crippen LogP contribution >= 0.6 is 7.76 Å². The molecule has 0 N–H and O–H groups in total. The van der Waals surface area contributed by atoms with Gasteiger partial charge < -0.3 is 0 Å². The van der Waals surface area contributed by atoms with Crippen molar-refractivity contribution < 1.29 is 13.0 Å². The average molecular weight is 126 g/mol. The van der Waals surface area contributed by atoms with E-state index in [2.05, 4.69) is 6.58 Å². The van der Waals surface area contributed by atoms with Gasteiger partial charge >= 0.3 is 7.76 Å². The molecule has 0 aromatic rings. The predicted molar refractivity (Wildman–Crippen MR) is 24.9 cm³/mol. The summed E-state index contributed by atoms with van der Waals surface area (Å²) in [6, 6.07) is 0. The zero-order valence-corrected chi connectivity index (χ0v) is 4.50. The predicted octanol–water partition coefficient (Wildman–Crippen LogP) is 2.30. The standard InChI is InChI=1S/C3H5F2OP/c1-2-3-7(4,5)6/h2H,1,3H2. The van der Waals surface area contributed by atoms with Crippen LogP contribution in [0.5, 0.6) is 0 Å². The van der Waals surface area contributed by atoms with E-state index in [1.54, 1.807) is 0 Å². The van der Waals surface area contributed by atoms with Crippen LogP contribution in [0.2, 0.25) is 0 Å². The van der Waals surface area contributed by atoms with E-state index >= 15 is 0 Å². The van der Waals surface area contributed by atoms with E-state index in [9.17, 15) is 13.0 Å². The normalized spacial score (nSPS) is 11.1. The molecule has 0 unspecified atom stereocenters. The summed E-state index contributed by atoms with van der Waals surface area (Å²) < 4.78 is 31.8. The second-order valence-corrected chi connectivity index (χ2v) is 2.55. The minimum atomic E-state index is -4.78. The molecule has 7 heavy (non-hydrogen) atoms. The summed E-state index contributed by atoms with van der Waals surface area (Å²) in [4.78, 5) is 0. The summed E-state index contributed by atoms with van der Waals surface area (Å²) in [5.41, 5.74) is 0. The Morgan fingerprint density at radius 2 is 2.14 bits per heavy atom. The molecule has 0 aliphatic rings. The van der Waals surface area contributed by atoms with Gasteiger partial charge in [-0.15, -0.1) is 6.58 Å². The van der Waals surface area contributed by atoms with Crippen LogP contribution in [-0.2, 0) is 4.57 Å². The van der Waals surface area contributed by atoms with Gasteiger partial charge in [-0.25, -0.2) is 4.57 Å². The van der Waals surface area contributed by atoms with Crippen molar-refractivity contribution in [2.24, 2.45) is 0 Å². The van der Waals surface area contributed by atoms with Gasteiger partial charge in [0.1, 0.15) is 0 Å². The van der Waals surface area contributed by atoms with Gasteiger partial charge in [-0.05, 0) is 0 Å². The molecule has 0 spiro atoms. The molecule has 1 nitrogen and oxygen atoms in total. The molecule has 4 heteroatoms. The van der Waals surface area contributed by atoms with E-state index in [1.807, 2.05) is 0 Å². The number of hydrogen-bond acceptors (Lipinski definition) is 1. The summed E-state index contributed by atoms with van der Waals surface area (Å²) in [7, 11) is -4.78. The van der Waals surface area contributed by atoms with E-state index in [0.29, 0.717) is 0 Å². The highest BCUT2D eigenvalue weighted by atomic mass is 31.2. The second kappa shape index (κ2) is 2.22. The maximum absolute atomic E-state index is 11.2. The molecule has 0 rings (SSSR count). The molecule has 0 aliphatic carbocycles. The van der Waals surface area contributed by atoms with Crippen LogP contribution in [0.1, 0.15) is 0 Å². The first kappa shape index (κ1) is 6.83. The maximum Gasteiger partial charge on any atom is 0.406 e. The van der Waals surface area contributed by atoms with E-state index in [4.69, 9.17) is 0 Å². The van der Waals surface area contributed by atoms with Gasteiger partial charge in [0.15, 0.2) is 0 Å². The maximum atomic E-state index is 11.2. The summed E-state index contributed by atoms with van der Waals surface area (Å²) in [6.45, 7) is 2.99. The molecule has 0 radical (unpaired) electrons. The lowest BCUT2D eigenvalue weighted by atomic mass is 10.8. The lowest BCUT2D eigenvalue weighted by Crippen LogP contribution is -1.66. The molecule has 0 saturated carbocycles. The fraction of sp³-hybridized carbons (Fsp3) is 0.333. The number of hydrogen-bond donors (Lipinski definition) is 0. The minimum absolute atomic E-state index is 0.674. The molecule has 0 aromatic heterocycles. The Kier molecular flexibility index (Phi) is 2.16. The Bertz CT molecular complexity index is 106. The zero-order chi connectivity index (χ0) is 5.91. The number of halogens is 2. The lowest BCUT2D eigenvalue weighted by molar-refractivity contribution is 0.498. The Morgan fingerprint density at radius 1 is 1.71 bits per heavy atom. The summed E-state index contributed by atoms with van der Waals surface area (Å²) >= 11 is 0. The van der Waals surface area contributed by atoms with Crippen molar-refractivity contribution in [3.05, 3.63) is 12.7 Å². The highest BCUT2D eigenvalue weighted by Gasteiger charge is 2.14. The smallest absolute Gasteiger partial charge is 0.250 e. The zero-order valence-electron chi connectivity index (χ0n) is 3.60. The van der Waals surface area contributed by atoms with Gasteiger partial charge in [-0.2, -0.15) is 8.39 Å². The van der Waals surface area contributed by atoms with Crippen LogP contribution in [0.15, 0.2) is 12.7 Å². The molecule has 0 bridgehead atoms. The van der Waals surface area contributed by atoms with Gasteiger partial charge in [0.25, 0.3) is 0 Å². The molecule has 0 atom stereocenters. The van der Waals surface area contributed by atoms with Crippen molar-refractivity contribution in [3.63, 3.8) is 0 Å². The molecule has 0 amide bonds. The van der Waals surface area contributed by atoms with Crippen LogP contribution in [0, 0.1) is 0 Å². The summed E-state index contributed by atoms with van der Waals surface area (Å²) in [5.74, 6) is 0. The third kappa shape index (κ3) is 5.83. The highest BCUT2D eigenvalue weighted by molar-refractivity contribution is 7.53. The van der Waals surface area contributed by atoms with E-state index in [1.165, 1.54) is 0 Å². The Balaban J connectivity index is 3.57.